The molecule has 0 amide bonds. The van der Waals surface area contributed by atoms with Crippen molar-refractivity contribution in [1.82, 2.24) is 0 Å². The zero-order chi connectivity index (χ0) is 31.7. The molecule has 4 unspecified atom stereocenters. The second-order valence-electron chi connectivity index (χ2n) is 9.56. The average Bonchev–Trinajstić information content (AvgIpc) is 3.17. The summed E-state index contributed by atoms with van der Waals surface area (Å²) >= 11 is 0. The predicted molar refractivity (Wildman–Crippen MR) is 146 cm³/mol. The number of ether oxygens (including phenoxy) is 2. The number of aliphatic hydroxyl groups is 3. The van der Waals surface area contributed by atoms with E-state index in [1.54, 1.807) is 0 Å². The monoisotopic (exact) mass is 676 g/mol. The fourth-order valence-electron chi connectivity index (χ4n) is 3.96. The van der Waals surface area contributed by atoms with Crippen molar-refractivity contribution in [2.24, 2.45) is 5.92 Å². The molecule has 0 aromatic heterocycles. The highest BCUT2D eigenvalue weighted by Crippen LogP contribution is 2.51. The zero-order valence-corrected chi connectivity index (χ0v) is 26.7. The minimum Gasteiger partial charge on any atom is -0.393 e. The molecule has 0 aromatic carbocycles. The van der Waals surface area contributed by atoms with E-state index in [0.29, 0.717) is 45.5 Å². The molecule has 20 heteroatoms. The lowest BCUT2D eigenvalue weighted by molar-refractivity contribution is -0.110. The lowest BCUT2D eigenvalue weighted by atomic mass is 10.0. The van der Waals surface area contributed by atoms with Crippen LogP contribution in [-0.4, -0.2) is 114 Å². The van der Waals surface area contributed by atoms with Gasteiger partial charge in [-0.05, 0) is 51.9 Å². The number of aliphatic hydroxyl groups excluding tert-OH is 2. The van der Waals surface area contributed by atoms with Crippen LogP contribution in [0.5, 0.6) is 0 Å². The quantitative estimate of drug-likeness (QED) is 0.0565. The molecule has 0 spiro atoms. The van der Waals surface area contributed by atoms with Crippen LogP contribution in [-0.2, 0) is 50.3 Å². The summed E-state index contributed by atoms with van der Waals surface area (Å²) in [5.74, 6) is -1.06. The lowest BCUT2D eigenvalue weighted by Crippen LogP contribution is -2.45. The van der Waals surface area contributed by atoms with Crippen LogP contribution in [0.4, 0.5) is 0 Å². The van der Waals surface area contributed by atoms with E-state index in [0.717, 1.165) is 20.0 Å². The van der Waals surface area contributed by atoms with Gasteiger partial charge in [-0.25, -0.2) is 13.7 Å². The number of hydrogen-bond acceptors (Lipinski definition) is 14. The summed E-state index contributed by atoms with van der Waals surface area (Å²) in [6, 6.07) is 0. The fourth-order valence-corrected chi connectivity index (χ4v) is 6.19. The van der Waals surface area contributed by atoms with Crippen LogP contribution < -0.4 is 0 Å². The zero-order valence-electron chi connectivity index (χ0n) is 24.1. The van der Waals surface area contributed by atoms with Crippen LogP contribution in [0.1, 0.15) is 51.9 Å². The van der Waals surface area contributed by atoms with Gasteiger partial charge in [-0.3, -0.25) is 27.1 Å². The topological polar surface area (TPSA) is 246 Å². The maximum atomic E-state index is 12.2. The Morgan fingerprint density at radius 3 is 1.81 bits per heavy atom. The van der Waals surface area contributed by atoms with Gasteiger partial charge in [0, 0.05) is 32.8 Å². The first-order chi connectivity index (χ1) is 19.7. The molecule has 1 fully saturated rings. The van der Waals surface area contributed by atoms with Gasteiger partial charge in [0.05, 0.1) is 39.6 Å². The normalized spacial score (nSPS) is 27.0. The van der Waals surface area contributed by atoms with Crippen LogP contribution in [0, 0.1) is 5.92 Å². The molecule has 0 heterocycles. The molecule has 0 aromatic rings. The lowest BCUT2D eigenvalue weighted by Gasteiger charge is -2.27. The van der Waals surface area contributed by atoms with Crippen molar-refractivity contribution in [1.29, 1.82) is 0 Å². The van der Waals surface area contributed by atoms with Crippen molar-refractivity contribution >= 4 is 23.5 Å². The third-order valence-electron chi connectivity index (χ3n) is 6.21. The highest BCUT2D eigenvalue weighted by Gasteiger charge is 2.55. The molecule has 42 heavy (non-hydrogen) atoms. The Balaban J connectivity index is 2.19. The summed E-state index contributed by atoms with van der Waals surface area (Å²) in [4.78, 5) is 29.1. The van der Waals surface area contributed by atoms with E-state index in [1.807, 2.05) is 6.92 Å². The van der Waals surface area contributed by atoms with Gasteiger partial charge in [0.15, 0.2) is 0 Å². The van der Waals surface area contributed by atoms with Crippen LogP contribution in [0.2, 0.25) is 0 Å². The molecule has 1 aliphatic carbocycles. The summed E-state index contributed by atoms with van der Waals surface area (Å²) < 4.78 is 75.1. The smallest absolute Gasteiger partial charge is 0.393 e. The van der Waals surface area contributed by atoms with E-state index in [1.165, 1.54) is 0 Å². The average molecular weight is 677 g/mol. The molecule has 6 N–H and O–H groups in total. The Morgan fingerprint density at radius 1 is 0.738 bits per heavy atom. The van der Waals surface area contributed by atoms with E-state index in [9.17, 15) is 43.7 Å². The Labute approximate surface area is 246 Å². The van der Waals surface area contributed by atoms with Crippen LogP contribution >= 0.6 is 23.5 Å². The molecule has 1 aliphatic rings. The van der Waals surface area contributed by atoms with Gasteiger partial charge >= 0.3 is 23.5 Å². The van der Waals surface area contributed by atoms with Crippen molar-refractivity contribution in [3.8, 4) is 0 Å². The molecule has 0 saturated heterocycles. The molecule has 0 radical (unpaired) electrons. The van der Waals surface area contributed by atoms with Crippen molar-refractivity contribution in [2.45, 2.75) is 69.7 Å². The summed E-state index contributed by atoms with van der Waals surface area (Å²) in [6.07, 6.45) is 0.0539. The third-order valence-corrected chi connectivity index (χ3v) is 9.19. The van der Waals surface area contributed by atoms with E-state index in [-0.39, 0.29) is 32.8 Å². The number of rotatable bonds is 26. The van der Waals surface area contributed by atoms with E-state index in [4.69, 9.17) is 32.1 Å². The first-order valence-electron chi connectivity index (χ1n) is 13.7. The molecule has 0 aliphatic heterocycles. The highest BCUT2D eigenvalue weighted by molar-refractivity contribution is 7.47. The van der Waals surface area contributed by atoms with E-state index >= 15 is 0 Å². The number of unbranched alkanes of at least 4 members (excludes halogenated alkanes) is 4. The second-order valence-corrected chi connectivity index (χ2v) is 14.0. The van der Waals surface area contributed by atoms with Gasteiger partial charge in [0.25, 0.3) is 0 Å². The van der Waals surface area contributed by atoms with Gasteiger partial charge in [-0.2, -0.15) is 0 Å². The Bertz CT molecular complexity index is 879. The van der Waals surface area contributed by atoms with Gasteiger partial charge < -0.3 is 39.5 Å². The molecule has 0 bridgehead atoms. The Kier molecular flexibility index (Phi) is 19.4. The van der Waals surface area contributed by atoms with Gasteiger partial charge in [0.2, 0.25) is 0 Å². The van der Waals surface area contributed by atoms with E-state index < -0.39 is 60.4 Å². The first kappa shape index (κ1) is 40.2. The van der Waals surface area contributed by atoms with Crippen molar-refractivity contribution in [3.05, 3.63) is 0 Å². The van der Waals surface area contributed by atoms with Crippen LogP contribution in [0.3, 0.4) is 0 Å². The third kappa shape index (κ3) is 16.4. The molecule has 17 nitrogen and oxygen atoms in total. The van der Waals surface area contributed by atoms with Gasteiger partial charge in [-0.15, -0.1) is 0 Å². The predicted octanol–water partition coefficient (Wildman–Crippen LogP) is 1.88. The van der Waals surface area contributed by atoms with E-state index in [2.05, 4.69) is 4.52 Å². The molecule has 1 rings (SSSR count). The number of phosphoric acid groups is 3. The summed E-state index contributed by atoms with van der Waals surface area (Å²) in [5, 5.41) is 30.0. The fraction of sp³-hybridized carbons (Fsp3) is 1.00. The Hall–Kier alpha value is 0.130. The summed E-state index contributed by atoms with van der Waals surface area (Å²) in [7, 11) is -12.4. The standard InChI is InChI=1S/C22H47O17P3/c1-3-33-10-6-4-8-12-35-41(28,29)37-15-14-34-11-7-5-9-13-36-42(30,31)38-17-19-16-22(25,18-23)21(24)20(19)39-40(26,27)32-2/h19-21,23-25H,3-18H2,1-2H3,(H,26,27)(H,28,29)(H,30,31)/t19-,20+,21?,22+/m1/s1. The maximum absolute atomic E-state index is 12.2. The minimum absolute atomic E-state index is 0.0700. The van der Waals surface area contributed by atoms with Crippen molar-refractivity contribution in [2.75, 3.05) is 66.6 Å². The number of hydrogen-bond donors (Lipinski definition) is 6. The molecular weight excluding hydrogens is 629 g/mol. The van der Waals surface area contributed by atoms with Crippen molar-refractivity contribution in [3.63, 3.8) is 0 Å². The maximum Gasteiger partial charge on any atom is 0.472 e. The molecule has 1 saturated carbocycles. The van der Waals surface area contributed by atoms with Crippen molar-refractivity contribution < 1.29 is 80.3 Å². The Morgan fingerprint density at radius 2 is 1.26 bits per heavy atom. The first-order valence-corrected chi connectivity index (χ1v) is 18.2. The van der Waals surface area contributed by atoms with Gasteiger partial charge in [0.1, 0.15) is 17.8 Å². The van der Waals surface area contributed by atoms with Gasteiger partial charge in [-0.1, -0.05) is 0 Å². The SMILES string of the molecule is CCOCCCCCOP(=O)(O)OCCOCCCCCOP(=O)(O)OC[C@H]1C[C@](O)(CO)C(O)[C@H]1OP(=O)(O)OC. The molecule has 7 atom stereocenters. The molecular formula is C22H47O17P3. The number of phosphoric ester groups is 3. The van der Waals surface area contributed by atoms with Crippen LogP contribution in [0.25, 0.3) is 0 Å². The summed E-state index contributed by atoms with van der Waals surface area (Å²) in [5.41, 5.74) is -2.09. The molecule has 252 valence electrons. The van der Waals surface area contributed by atoms with Crippen LogP contribution in [0.15, 0.2) is 0 Å². The largest absolute Gasteiger partial charge is 0.472 e. The minimum atomic E-state index is -4.60. The second kappa shape index (κ2) is 20.3. The summed E-state index contributed by atoms with van der Waals surface area (Å²) in [6.45, 7) is 1.91. The highest BCUT2D eigenvalue weighted by atomic mass is 31.2.